The molecule has 0 atom stereocenters. The van der Waals surface area contributed by atoms with Gasteiger partial charge in [0, 0.05) is 12.4 Å². The van der Waals surface area contributed by atoms with Crippen LogP contribution in [0.2, 0.25) is 19.6 Å². The number of aromatic nitrogens is 2. The van der Waals surface area contributed by atoms with Gasteiger partial charge < -0.3 is 4.43 Å². The van der Waals surface area contributed by atoms with E-state index in [1.807, 2.05) is 19.6 Å². The SMILES string of the molecule is C[Si](C)(C)OC(=O)n1ccnc1. The van der Waals surface area contributed by atoms with Gasteiger partial charge in [0.25, 0.3) is 0 Å². The number of hydrogen-bond donors (Lipinski definition) is 0. The summed E-state index contributed by atoms with van der Waals surface area (Å²) in [6.07, 6.45) is 4.21. The third kappa shape index (κ3) is 2.50. The lowest BCUT2D eigenvalue weighted by Gasteiger charge is -2.16. The molecule has 0 aromatic carbocycles. The molecule has 5 heteroatoms. The van der Waals surface area contributed by atoms with Crippen molar-refractivity contribution in [1.29, 1.82) is 0 Å². The second-order valence-electron chi connectivity index (χ2n) is 3.45. The van der Waals surface area contributed by atoms with Gasteiger partial charge in [-0.05, 0) is 19.6 Å². The monoisotopic (exact) mass is 184 g/mol. The molecule has 0 amide bonds. The van der Waals surface area contributed by atoms with Crippen LogP contribution in [-0.2, 0) is 4.43 Å². The van der Waals surface area contributed by atoms with Crippen LogP contribution in [-0.4, -0.2) is 24.0 Å². The molecule has 0 spiro atoms. The smallest absolute Gasteiger partial charge is 0.405 e. The summed E-state index contributed by atoms with van der Waals surface area (Å²) in [5, 5.41) is 0. The maximum atomic E-state index is 11.3. The summed E-state index contributed by atoms with van der Waals surface area (Å²) >= 11 is 0. The molecule has 0 unspecified atom stereocenters. The van der Waals surface area contributed by atoms with Gasteiger partial charge in [-0.3, -0.25) is 0 Å². The van der Waals surface area contributed by atoms with E-state index in [2.05, 4.69) is 4.98 Å². The lowest BCUT2D eigenvalue weighted by molar-refractivity contribution is 0.200. The third-order valence-electron chi connectivity index (χ3n) is 1.11. The minimum Gasteiger partial charge on any atom is -0.504 e. The molecule has 0 saturated heterocycles. The summed E-state index contributed by atoms with van der Waals surface area (Å²) in [6, 6.07) is 0. The van der Waals surface area contributed by atoms with Crippen LogP contribution in [0.4, 0.5) is 4.79 Å². The van der Waals surface area contributed by atoms with Gasteiger partial charge in [-0.15, -0.1) is 0 Å². The van der Waals surface area contributed by atoms with E-state index in [-0.39, 0.29) is 6.09 Å². The van der Waals surface area contributed by atoms with E-state index in [9.17, 15) is 4.79 Å². The number of hydrogen-bond acceptors (Lipinski definition) is 3. The van der Waals surface area contributed by atoms with Crippen molar-refractivity contribution in [2.75, 3.05) is 0 Å². The van der Waals surface area contributed by atoms with Crippen LogP contribution < -0.4 is 0 Å². The van der Waals surface area contributed by atoms with Gasteiger partial charge in [0.1, 0.15) is 6.33 Å². The molecule has 4 nitrogen and oxygen atoms in total. The van der Waals surface area contributed by atoms with Gasteiger partial charge in [-0.1, -0.05) is 0 Å². The Bertz CT molecular complexity index is 263. The molecule has 0 N–H and O–H groups in total. The van der Waals surface area contributed by atoms with Gasteiger partial charge in [-0.2, -0.15) is 0 Å². The maximum absolute atomic E-state index is 11.3. The summed E-state index contributed by atoms with van der Waals surface area (Å²) in [6.45, 7) is 5.88. The average Bonchev–Trinajstić information content (AvgIpc) is 2.32. The first kappa shape index (κ1) is 8.99. The Morgan fingerprint density at radius 1 is 1.50 bits per heavy atom. The molecule has 1 aromatic heterocycles. The number of carbonyl (C=O) groups excluding carboxylic acids is 1. The highest BCUT2D eigenvalue weighted by Gasteiger charge is 2.20. The number of rotatable bonds is 1. The van der Waals surface area contributed by atoms with E-state index in [4.69, 9.17) is 4.43 Å². The van der Waals surface area contributed by atoms with Crippen LogP contribution in [0.15, 0.2) is 18.7 Å². The van der Waals surface area contributed by atoms with Gasteiger partial charge in [0.05, 0.1) is 0 Å². The molecule has 66 valence electrons. The highest BCUT2D eigenvalue weighted by atomic mass is 28.4. The molecule has 1 aromatic rings. The average molecular weight is 184 g/mol. The number of nitrogens with zero attached hydrogens (tertiary/aromatic N) is 2. The highest BCUT2D eigenvalue weighted by molar-refractivity contribution is 6.71. The zero-order valence-electron chi connectivity index (χ0n) is 7.44. The number of carbonyl (C=O) groups is 1. The first-order chi connectivity index (χ1) is 5.49. The van der Waals surface area contributed by atoms with Crippen molar-refractivity contribution in [2.45, 2.75) is 19.6 Å². The largest absolute Gasteiger partial charge is 0.504 e. The third-order valence-corrected chi connectivity index (χ3v) is 1.90. The van der Waals surface area contributed by atoms with Gasteiger partial charge >= 0.3 is 6.09 Å². The first-order valence-corrected chi connectivity index (χ1v) is 7.11. The minimum absolute atomic E-state index is 0.341. The minimum atomic E-state index is -1.77. The molecule has 1 heterocycles. The quantitative estimate of drug-likeness (QED) is 0.624. The lowest BCUT2D eigenvalue weighted by atomic mass is 10.9. The van der Waals surface area contributed by atoms with E-state index in [1.165, 1.54) is 10.9 Å². The molecule has 0 radical (unpaired) electrons. The van der Waals surface area contributed by atoms with E-state index >= 15 is 0 Å². The lowest BCUT2D eigenvalue weighted by Crippen LogP contribution is -2.31. The zero-order chi connectivity index (χ0) is 9.19. The first-order valence-electron chi connectivity index (χ1n) is 3.70. The van der Waals surface area contributed by atoms with E-state index in [0.29, 0.717) is 0 Å². The summed E-state index contributed by atoms with van der Waals surface area (Å²) < 4.78 is 6.54. The Labute approximate surface area is 72.3 Å². The maximum Gasteiger partial charge on any atom is 0.405 e. The fraction of sp³-hybridized carbons (Fsp3) is 0.429. The summed E-state index contributed by atoms with van der Waals surface area (Å²) in [7, 11) is -1.77. The van der Waals surface area contributed by atoms with Crippen LogP contribution in [0.3, 0.4) is 0 Å². The van der Waals surface area contributed by atoms with Crippen molar-refractivity contribution in [1.82, 2.24) is 9.55 Å². The Hall–Kier alpha value is -1.10. The molecule has 0 fully saturated rings. The van der Waals surface area contributed by atoms with Crippen LogP contribution in [0.5, 0.6) is 0 Å². The predicted molar refractivity (Wildman–Crippen MR) is 47.5 cm³/mol. The van der Waals surface area contributed by atoms with Gasteiger partial charge in [0.15, 0.2) is 0 Å². The van der Waals surface area contributed by atoms with Crippen molar-refractivity contribution in [3.8, 4) is 0 Å². The topological polar surface area (TPSA) is 44.1 Å². The highest BCUT2D eigenvalue weighted by Crippen LogP contribution is 2.04. The molecular formula is C7H12N2O2Si. The molecule has 1 rings (SSSR count). The summed E-state index contributed by atoms with van der Waals surface area (Å²) in [5.41, 5.74) is 0. The molecule has 0 aliphatic rings. The Morgan fingerprint density at radius 3 is 2.58 bits per heavy atom. The molecule has 12 heavy (non-hydrogen) atoms. The normalized spacial score (nSPS) is 11.2. The van der Waals surface area contributed by atoms with Crippen molar-refractivity contribution >= 4 is 14.4 Å². The van der Waals surface area contributed by atoms with Crippen LogP contribution in [0.1, 0.15) is 0 Å². The summed E-state index contributed by atoms with van der Waals surface area (Å²) in [4.78, 5) is 15.0. The molecule has 0 bridgehead atoms. The van der Waals surface area contributed by atoms with Crippen molar-refractivity contribution in [2.24, 2.45) is 0 Å². The molecule has 0 saturated carbocycles. The van der Waals surface area contributed by atoms with Crippen LogP contribution in [0.25, 0.3) is 0 Å². The van der Waals surface area contributed by atoms with Crippen molar-refractivity contribution in [3.63, 3.8) is 0 Å². The van der Waals surface area contributed by atoms with Gasteiger partial charge in [0.2, 0.25) is 8.32 Å². The zero-order valence-corrected chi connectivity index (χ0v) is 8.44. The van der Waals surface area contributed by atoms with Crippen molar-refractivity contribution < 1.29 is 9.22 Å². The van der Waals surface area contributed by atoms with Crippen LogP contribution in [0, 0.1) is 0 Å². The van der Waals surface area contributed by atoms with Gasteiger partial charge in [-0.25, -0.2) is 14.3 Å². The summed E-state index contributed by atoms with van der Waals surface area (Å²) in [5.74, 6) is 0. The molecule has 0 aliphatic carbocycles. The fourth-order valence-corrected chi connectivity index (χ4v) is 1.31. The van der Waals surface area contributed by atoms with E-state index < -0.39 is 8.32 Å². The Kier molecular flexibility index (Phi) is 2.32. The Morgan fingerprint density at radius 2 is 2.17 bits per heavy atom. The van der Waals surface area contributed by atoms with Crippen LogP contribution >= 0.6 is 0 Å². The molecule has 0 aliphatic heterocycles. The number of imidazole rings is 1. The van der Waals surface area contributed by atoms with E-state index in [0.717, 1.165) is 0 Å². The Balaban J connectivity index is 2.63. The second kappa shape index (κ2) is 3.10. The second-order valence-corrected chi connectivity index (χ2v) is 7.88. The molecular weight excluding hydrogens is 172 g/mol. The standard InChI is InChI=1S/C7H12N2O2Si/c1-12(2,3)11-7(10)9-5-4-8-6-9/h4-6H,1-3H3. The fourth-order valence-electron chi connectivity index (χ4n) is 0.682. The van der Waals surface area contributed by atoms with Crippen molar-refractivity contribution in [3.05, 3.63) is 18.7 Å². The van der Waals surface area contributed by atoms with E-state index in [1.54, 1.807) is 12.4 Å². The predicted octanol–water partition coefficient (Wildman–Crippen LogP) is 1.70.